The highest BCUT2D eigenvalue weighted by Gasteiger charge is 2.28. The van der Waals surface area contributed by atoms with Crippen molar-refractivity contribution in [2.24, 2.45) is 0 Å². The molecule has 1 saturated heterocycles. The zero-order valence-corrected chi connectivity index (χ0v) is 12.0. The van der Waals surface area contributed by atoms with Gasteiger partial charge in [0.2, 0.25) is 5.91 Å². The number of likely N-dealkylation sites (tertiary alicyclic amines) is 1. The molecule has 1 unspecified atom stereocenters. The lowest BCUT2D eigenvalue weighted by molar-refractivity contribution is -0.136. The van der Waals surface area contributed by atoms with E-state index in [1.807, 2.05) is 6.07 Å². The fourth-order valence-electron chi connectivity index (χ4n) is 2.93. The molecule has 1 heterocycles. The first-order chi connectivity index (χ1) is 9.33. The molecule has 1 aliphatic heterocycles. The van der Waals surface area contributed by atoms with Crippen molar-refractivity contribution in [3.05, 3.63) is 35.9 Å². The fourth-order valence-corrected chi connectivity index (χ4v) is 2.93. The van der Waals surface area contributed by atoms with E-state index in [0.29, 0.717) is 11.9 Å². The molecule has 1 fully saturated rings. The highest BCUT2D eigenvalue weighted by molar-refractivity contribution is 5.77. The van der Waals surface area contributed by atoms with Gasteiger partial charge in [-0.1, -0.05) is 56.5 Å². The van der Waals surface area contributed by atoms with E-state index in [1.165, 1.54) is 24.8 Å². The molecule has 1 aromatic rings. The van der Waals surface area contributed by atoms with Gasteiger partial charge in [-0.3, -0.25) is 4.79 Å². The third kappa shape index (κ3) is 3.82. The fraction of sp³-hybridized carbons (Fsp3) is 0.588. The van der Waals surface area contributed by atoms with Crippen molar-refractivity contribution < 1.29 is 4.79 Å². The lowest BCUT2D eigenvalue weighted by atomic mass is 9.94. The topological polar surface area (TPSA) is 20.3 Å². The molecule has 2 rings (SSSR count). The number of benzene rings is 1. The van der Waals surface area contributed by atoms with Crippen LogP contribution in [0.4, 0.5) is 0 Å². The van der Waals surface area contributed by atoms with Crippen LogP contribution in [0.1, 0.15) is 63.5 Å². The van der Waals surface area contributed by atoms with E-state index in [0.717, 1.165) is 32.2 Å². The van der Waals surface area contributed by atoms with Crippen molar-refractivity contribution in [1.29, 1.82) is 0 Å². The van der Waals surface area contributed by atoms with Crippen molar-refractivity contribution in [2.45, 2.75) is 57.9 Å². The van der Waals surface area contributed by atoms with Crippen molar-refractivity contribution in [3.63, 3.8) is 0 Å². The highest BCUT2D eigenvalue weighted by Crippen LogP contribution is 2.31. The highest BCUT2D eigenvalue weighted by atomic mass is 16.2. The lowest BCUT2D eigenvalue weighted by Gasteiger charge is -2.36. The number of carbonyl (C=O) groups excluding carboxylic acids is 1. The van der Waals surface area contributed by atoms with Crippen LogP contribution in [0.5, 0.6) is 0 Å². The average Bonchev–Trinajstić information content (AvgIpc) is 2.46. The molecule has 104 valence electrons. The van der Waals surface area contributed by atoms with E-state index in [2.05, 4.69) is 36.1 Å². The summed E-state index contributed by atoms with van der Waals surface area (Å²) < 4.78 is 0. The van der Waals surface area contributed by atoms with Gasteiger partial charge in [-0.15, -0.1) is 0 Å². The van der Waals surface area contributed by atoms with Crippen LogP contribution in [-0.2, 0) is 4.79 Å². The largest absolute Gasteiger partial charge is 0.336 e. The molecule has 0 aromatic heterocycles. The number of carbonyl (C=O) groups is 1. The first-order valence-corrected chi connectivity index (χ1v) is 7.67. The SMILES string of the molecule is CCCCCCN1C(=O)CCCC1c1ccccc1. The molecule has 1 aliphatic rings. The van der Waals surface area contributed by atoms with Crippen molar-refractivity contribution in [3.8, 4) is 0 Å². The molecule has 1 amide bonds. The Hall–Kier alpha value is -1.31. The van der Waals surface area contributed by atoms with Crippen molar-refractivity contribution in [2.75, 3.05) is 6.54 Å². The standard InChI is InChI=1S/C17H25NO/c1-2-3-4-8-14-18-16(12-9-13-17(18)19)15-10-6-5-7-11-15/h5-7,10-11,16H,2-4,8-9,12-14H2,1H3. The molecule has 0 saturated carbocycles. The third-order valence-corrected chi connectivity index (χ3v) is 4.00. The minimum Gasteiger partial charge on any atom is -0.336 e. The van der Waals surface area contributed by atoms with Crippen molar-refractivity contribution in [1.82, 2.24) is 4.90 Å². The zero-order chi connectivity index (χ0) is 13.5. The Morgan fingerprint density at radius 2 is 1.95 bits per heavy atom. The Morgan fingerprint density at radius 3 is 2.68 bits per heavy atom. The Morgan fingerprint density at radius 1 is 1.16 bits per heavy atom. The quantitative estimate of drug-likeness (QED) is 0.697. The van der Waals surface area contributed by atoms with Gasteiger partial charge in [0.05, 0.1) is 6.04 Å². The molecule has 1 atom stereocenters. The number of hydrogen-bond acceptors (Lipinski definition) is 1. The second-order valence-electron chi connectivity index (χ2n) is 5.47. The maximum atomic E-state index is 12.2. The summed E-state index contributed by atoms with van der Waals surface area (Å²) in [5.41, 5.74) is 1.30. The van der Waals surface area contributed by atoms with Gasteiger partial charge >= 0.3 is 0 Å². The van der Waals surface area contributed by atoms with Crippen LogP contribution in [0, 0.1) is 0 Å². The molecular weight excluding hydrogens is 234 g/mol. The van der Waals surface area contributed by atoms with E-state index < -0.39 is 0 Å². The van der Waals surface area contributed by atoms with Crippen LogP contribution < -0.4 is 0 Å². The van der Waals surface area contributed by atoms with E-state index in [9.17, 15) is 4.79 Å². The minimum absolute atomic E-state index is 0.309. The third-order valence-electron chi connectivity index (χ3n) is 4.00. The van der Waals surface area contributed by atoms with Crippen LogP contribution in [-0.4, -0.2) is 17.4 Å². The number of piperidine rings is 1. The van der Waals surface area contributed by atoms with Gasteiger partial charge in [0.25, 0.3) is 0 Å². The predicted molar refractivity (Wildman–Crippen MR) is 78.9 cm³/mol. The van der Waals surface area contributed by atoms with Crippen LogP contribution >= 0.6 is 0 Å². The Bertz CT molecular complexity index is 388. The van der Waals surface area contributed by atoms with Crippen molar-refractivity contribution >= 4 is 5.91 Å². The van der Waals surface area contributed by atoms with Gasteiger partial charge in [0.15, 0.2) is 0 Å². The summed E-state index contributed by atoms with van der Waals surface area (Å²) in [5.74, 6) is 0.344. The number of hydrogen-bond donors (Lipinski definition) is 0. The molecule has 0 aliphatic carbocycles. The van der Waals surface area contributed by atoms with Gasteiger partial charge in [-0.05, 0) is 24.8 Å². The number of rotatable bonds is 6. The Labute approximate surface area is 116 Å². The first kappa shape index (κ1) is 14.1. The van der Waals surface area contributed by atoms with Crippen LogP contribution in [0.3, 0.4) is 0 Å². The maximum Gasteiger partial charge on any atom is 0.223 e. The molecule has 19 heavy (non-hydrogen) atoms. The summed E-state index contributed by atoms with van der Waals surface area (Å²) in [6.07, 6.45) is 7.78. The van der Waals surface area contributed by atoms with Crippen LogP contribution in [0.25, 0.3) is 0 Å². The molecular formula is C17H25NO. The number of unbranched alkanes of at least 4 members (excludes halogenated alkanes) is 3. The van der Waals surface area contributed by atoms with E-state index in [-0.39, 0.29) is 0 Å². The van der Waals surface area contributed by atoms with E-state index >= 15 is 0 Å². The summed E-state index contributed by atoms with van der Waals surface area (Å²) >= 11 is 0. The van der Waals surface area contributed by atoms with E-state index in [1.54, 1.807) is 0 Å². The number of amides is 1. The van der Waals surface area contributed by atoms with Gasteiger partial charge in [-0.25, -0.2) is 0 Å². The lowest BCUT2D eigenvalue weighted by Crippen LogP contribution is -2.38. The summed E-state index contributed by atoms with van der Waals surface area (Å²) in [4.78, 5) is 14.3. The monoisotopic (exact) mass is 259 g/mol. The molecule has 1 aromatic carbocycles. The second kappa shape index (κ2) is 7.32. The van der Waals surface area contributed by atoms with Gasteiger partial charge in [-0.2, -0.15) is 0 Å². The van der Waals surface area contributed by atoms with Crippen LogP contribution in [0.15, 0.2) is 30.3 Å². The molecule has 0 bridgehead atoms. The maximum absolute atomic E-state index is 12.2. The molecule has 0 radical (unpaired) electrons. The first-order valence-electron chi connectivity index (χ1n) is 7.67. The predicted octanol–water partition coefficient (Wildman–Crippen LogP) is 4.32. The molecule has 2 nitrogen and oxygen atoms in total. The second-order valence-corrected chi connectivity index (χ2v) is 5.47. The van der Waals surface area contributed by atoms with Crippen LogP contribution in [0.2, 0.25) is 0 Å². The molecule has 0 spiro atoms. The van der Waals surface area contributed by atoms with Gasteiger partial charge in [0.1, 0.15) is 0 Å². The van der Waals surface area contributed by atoms with Gasteiger partial charge in [0, 0.05) is 13.0 Å². The molecule has 0 N–H and O–H groups in total. The smallest absolute Gasteiger partial charge is 0.223 e. The Balaban J connectivity index is 2.00. The summed E-state index contributed by atoms with van der Waals surface area (Å²) in [6.45, 7) is 3.15. The zero-order valence-electron chi connectivity index (χ0n) is 12.0. The number of nitrogens with zero attached hydrogens (tertiary/aromatic N) is 1. The molecule has 2 heteroatoms. The van der Waals surface area contributed by atoms with E-state index in [4.69, 9.17) is 0 Å². The van der Waals surface area contributed by atoms with Gasteiger partial charge < -0.3 is 4.90 Å². The average molecular weight is 259 g/mol. The summed E-state index contributed by atoms with van der Waals surface area (Å²) in [6, 6.07) is 10.8. The minimum atomic E-state index is 0.309. The Kier molecular flexibility index (Phi) is 5.44. The summed E-state index contributed by atoms with van der Waals surface area (Å²) in [7, 11) is 0. The normalized spacial score (nSPS) is 19.7. The summed E-state index contributed by atoms with van der Waals surface area (Å²) in [5, 5.41) is 0.